The minimum absolute atomic E-state index is 0.410. The van der Waals surface area contributed by atoms with Gasteiger partial charge in [0.2, 0.25) is 5.88 Å². The van der Waals surface area contributed by atoms with Gasteiger partial charge in [0.05, 0.1) is 19.9 Å². The second-order valence-corrected chi connectivity index (χ2v) is 4.53. The van der Waals surface area contributed by atoms with E-state index >= 15 is 0 Å². The maximum absolute atomic E-state index is 10.5. The molecular formula is C15H18N2O3. The highest BCUT2D eigenvalue weighted by molar-refractivity contribution is 5.48. The molecule has 0 amide bonds. The topological polar surface area (TPSA) is 64.5 Å². The Labute approximate surface area is 118 Å². The monoisotopic (exact) mass is 274 g/mol. The van der Waals surface area contributed by atoms with E-state index in [-0.39, 0.29) is 0 Å². The Balaban J connectivity index is 2.42. The molecule has 106 valence electrons. The van der Waals surface area contributed by atoms with Gasteiger partial charge >= 0.3 is 0 Å². The van der Waals surface area contributed by atoms with Crippen molar-refractivity contribution < 1.29 is 14.6 Å². The Morgan fingerprint density at radius 1 is 1.00 bits per heavy atom. The van der Waals surface area contributed by atoms with Gasteiger partial charge in [-0.2, -0.15) is 0 Å². The van der Waals surface area contributed by atoms with Crippen LogP contribution in [0, 0.1) is 13.8 Å². The van der Waals surface area contributed by atoms with Gasteiger partial charge in [0.25, 0.3) is 0 Å². The normalized spacial score (nSPS) is 12.1. The third kappa shape index (κ3) is 2.58. The van der Waals surface area contributed by atoms with Crippen LogP contribution in [0.2, 0.25) is 0 Å². The number of aliphatic hydroxyl groups excluding tert-OH is 1. The largest absolute Gasteiger partial charge is 0.496 e. The minimum Gasteiger partial charge on any atom is -0.496 e. The molecule has 1 unspecified atom stereocenters. The molecule has 0 aliphatic heterocycles. The Kier molecular flexibility index (Phi) is 4.20. The van der Waals surface area contributed by atoms with E-state index in [1.165, 1.54) is 7.11 Å². The van der Waals surface area contributed by atoms with Crippen LogP contribution in [0.1, 0.15) is 28.5 Å². The van der Waals surface area contributed by atoms with Crippen LogP contribution in [-0.2, 0) is 0 Å². The van der Waals surface area contributed by atoms with Crippen LogP contribution in [0.15, 0.2) is 24.3 Å². The Morgan fingerprint density at radius 2 is 1.75 bits per heavy atom. The number of ether oxygens (including phenoxy) is 2. The predicted molar refractivity (Wildman–Crippen MR) is 75.1 cm³/mol. The van der Waals surface area contributed by atoms with Crippen molar-refractivity contribution in [2.24, 2.45) is 0 Å². The van der Waals surface area contributed by atoms with Crippen LogP contribution in [0.25, 0.3) is 0 Å². The van der Waals surface area contributed by atoms with Crippen molar-refractivity contribution >= 4 is 0 Å². The summed E-state index contributed by atoms with van der Waals surface area (Å²) >= 11 is 0. The van der Waals surface area contributed by atoms with Crippen molar-refractivity contribution in [3.63, 3.8) is 0 Å². The molecule has 2 aromatic rings. The summed E-state index contributed by atoms with van der Waals surface area (Å²) in [5.74, 6) is 1.09. The fourth-order valence-corrected chi connectivity index (χ4v) is 2.04. The second kappa shape index (κ2) is 5.88. The van der Waals surface area contributed by atoms with E-state index in [1.807, 2.05) is 26.0 Å². The standard InChI is InChI=1S/C15H18N2O3/c1-9-5-6-11(15(20-4)10(9)2)14(18)12-7-8-13(19-3)17-16-12/h5-8,14,18H,1-4H3. The summed E-state index contributed by atoms with van der Waals surface area (Å²) in [5, 5.41) is 18.3. The average molecular weight is 274 g/mol. The maximum Gasteiger partial charge on any atom is 0.233 e. The van der Waals surface area contributed by atoms with Gasteiger partial charge in [-0.3, -0.25) is 0 Å². The molecule has 1 N–H and O–H groups in total. The van der Waals surface area contributed by atoms with E-state index in [1.54, 1.807) is 19.2 Å². The molecule has 0 saturated carbocycles. The molecule has 1 heterocycles. The molecule has 1 aromatic heterocycles. The summed E-state index contributed by atoms with van der Waals surface area (Å²) in [7, 11) is 3.12. The van der Waals surface area contributed by atoms with Crippen molar-refractivity contribution in [2.45, 2.75) is 20.0 Å². The van der Waals surface area contributed by atoms with Crippen LogP contribution in [0.3, 0.4) is 0 Å². The van der Waals surface area contributed by atoms with Gasteiger partial charge in [-0.1, -0.05) is 12.1 Å². The van der Waals surface area contributed by atoms with Crippen molar-refractivity contribution in [3.05, 3.63) is 46.6 Å². The van der Waals surface area contributed by atoms with Gasteiger partial charge in [0, 0.05) is 11.6 Å². The molecule has 0 bridgehead atoms. The molecule has 0 fully saturated rings. The Bertz CT molecular complexity index is 597. The molecule has 0 aliphatic carbocycles. The Morgan fingerprint density at radius 3 is 2.30 bits per heavy atom. The van der Waals surface area contributed by atoms with Gasteiger partial charge < -0.3 is 14.6 Å². The van der Waals surface area contributed by atoms with Crippen molar-refractivity contribution in [1.29, 1.82) is 0 Å². The quantitative estimate of drug-likeness (QED) is 0.926. The molecule has 0 spiro atoms. The van der Waals surface area contributed by atoms with E-state index in [4.69, 9.17) is 9.47 Å². The third-order valence-corrected chi connectivity index (χ3v) is 3.36. The van der Waals surface area contributed by atoms with E-state index < -0.39 is 6.10 Å². The zero-order chi connectivity index (χ0) is 14.7. The predicted octanol–water partition coefficient (Wildman–Crippen LogP) is 2.19. The number of aliphatic hydroxyl groups is 1. The summed E-state index contributed by atoms with van der Waals surface area (Å²) in [6.07, 6.45) is -0.886. The molecule has 5 heteroatoms. The highest BCUT2D eigenvalue weighted by atomic mass is 16.5. The number of benzene rings is 1. The van der Waals surface area contributed by atoms with Crippen LogP contribution in [0.5, 0.6) is 11.6 Å². The van der Waals surface area contributed by atoms with Gasteiger partial charge in [-0.15, -0.1) is 10.2 Å². The number of rotatable bonds is 4. The molecule has 0 aliphatic rings. The highest BCUT2D eigenvalue weighted by Gasteiger charge is 2.19. The first-order chi connectivity index (χ1) is 9.58. The number of hydrogen-bond acceptors (Lipinski definition) is 5. The van der Waals surface area contributed by atoms with Crippen LogP contribution >= 0.6 is 0 Å². The zero-order valence-corrected chi connectivity index (χ0v) is 12.0. The molecule has 5 nitrogen and oxygen atoms in total. The highest BCUT2D eigenvalue weighted by Crippen LogP contribution is 2.33. The Hall–Kier alpha value is -2.14. The smallest absolute Gasteiger partial charge is 0.233 e. The molecular weight excluding hydrogens is 256 g/mol. The van der Waals surface area contributed by atoms with E-state index in [0.717, 1.165) is 11.1 Å². The molecule has 1 aromatic carbocycles. The first-order valence-corrected chi connectivity index (χ1v) is 6.28. The van der Waals surface area contributed by atoms with E-state index in [9.17, 15) is 5.11 Å². The number of methoxy groups -OCH3 is 2. The summed E-state index contributed by atoms with van der Waals surface area (Å²) in [6.45, 7) is 3.96. The molecule has 20 heavy (non-hydrogen) atoms. The van der Waals surface area contributed by atoms with Crippen LogP contribution < -0.4 is 9.47 Å². The fraction of sp³-hybridized carbons (Fsp3) is 0.333. The van der Waals surface area contributed by atoms with E-state index in [2.05, 4.69) is 10.2 Å². The van der Waals surface area contributed by atoms with Gasteiger partial charge in [0.1, 0.15) is 11.9 Å². The summed E-state index contributed by atoms with van der Waals surface area (Å²) in [6, 6.07) is 7.15. The summed E-state index contributed by atoms with van der Waals surface area (Å²) in [5.41, 5.74) is 3.24. The maximum atomic E-state index is 10.5. The lowest BCUT2D eigenvalue weighted by atomic mass is 9.99. The number of nitrogens with zero attached hydrogens (tertiary/aromatic N) is 2. The van der Waals surface area contributed by atoms with Gasteiger partial charge in [-0.25, -0.2) is 0 Å². The molecule has 1 atom stereocenters. The molecule has 0 saturated heterocycles. The molecule has 0 radical (unpaired) electrons. The SMILES string of the molecule is COc1ccc(C(O)c2ccc(C)c(C)c2OC)nn1. The van der Waals surface area contributed by atoms with Crippen molar-refractivity contribution in [2.75, 3.05) is 14.2 Å². The average Bonchev–Trinajstić information content (AvgIpc) is 2.49. The van der Waals surface area contributed by atoms with E-state index in [0.29, 0.717) is 22.9 Å². The van der Waals surface area contributed by atoms with Gasteiger partial charge in [-0.05, 0) is 31.0 Å². The lowest BCUT2D eigenvalue weighted by Crippen LogP contribution is -2.07. The van der Waals surface area contributed by atoms with Gasteiger partial charge in [0.15, 0.2) is 0 Å². The number of hydrogen-bond donors (Lipinski definition) is 1. The lowest BCUT2D eigenvalue weighted by molar-refractivity contribution is 0.208. The molecule has 2 rings (SSSR count). The van der Waals surface area contributed by atoms with Crippen LogP contribution in [-0.4, -0.2) is 29.5 Å². The third-order valence-electron chi connectivity index (χ3n) is 3.36. The van der Waals surface area contributed by atoms with Crippen LogP contribution in [0.4, 0.5) is 0 Å². The lowest BCUT2D eigenvalue weighted by Gasteiger charge is -2.17. The number of aryl methyl sites for hydroxylation is 1. The summed E-state index contributed by atoms with van der Waals surface area (Å²) < 4.78 is 10.4. The minimum atomic E-state index is -0.886. The first-order valence-electron chi connectivity index (χ1n) is 6.28. The van der Waals surface area contributed by atoms with Crippen molar-refractivity contribution in [1.82, 2.24) is 10.2 Å². The fourth-order valence-electron chi connectivity index (χ4n) is 2.04. The zero-order valence-electron chi connectivity index (χ0n) is 12.0. The van der Waals surface area contributed by atoms with Crippen molar-refractivity contribution in [3.8, 4) is 11.6 Å². The number of aromatic nitrogens is 2. The second-order valence-electron chi connectivity index (χ2n) is 4.53. The first kappa shape index (κ1) is 14.3. The summed E-state index contributed by atoms with van der Waals surface area (Å²) in [4.78, 5) is 0.